The van der Waals surface area contributed by atoms with E-state index < -0.39 is 0 Å². The highest BCUT2D eigenvalue weighted by Gasteiger charge is 2.28. The van der Waals surface area contributed by atoms with Crippen LogP contribution in [0.15, 0.2) is 0 Å². The lowest BCUT2D eigenvalue weighted by Gasteiger charge is -2.34. The van der Waals surface area contributed by atoms with Gasteiger partial charge in [-0.1, -0.05) is 13.8 Å². The van der Waals surface area contributed by atoms with Gasteiger partial charge in [0, 0.05) is 18.7 Å². The molecule has 1 heterocycles. The molecular weight excluding hydrogens is 162 g/mol. The molecule has 0 radical (unpaired) electrons. The Morgan fingerprint density at radius 3 is 2.54 bits per heavy atom. The van der Waals surface area contributed by atoms with Crippen molar-refractivity contribution in [1.82, 2.24) is 4.90 Å². The summed E-state index contributed by atoms with van der Waals surface area (Å²) in [6.45, 7) is 8.37. The zero-order valence-electron chi connectivity index (χ0n) is 9.16. The Morgan fingerprint density at radius 2 is 2.15 bits per heavy atom. The zero-order valence-corrected chi connectivity index (χ0v) is 9.16. The van der Waals surface area contributed by atoms with Crippen LogP contribution >= 0.6 is 0 Å². The molecule has 2 atom stereocenters. The Kier molecular flexibility index (Phi) is 4.20. The summed E-state index contributed by atoms with van der Waals surface area (Å²) in [6.07, 6.45) is 3.59. The Balaban J connectivity index is 2.52. The van der Waals surface area contributed by atoms with Crippen LogP contribution in [-0.4, -0.2) is 35.2 Å². The van der Waals surface area contributed by atoms with E-state index in [1.807, 2.05) is 0 Å². The van der Waals surface area contributed by atoms with Crippen LogP contribution in [0, 0.1) is 5.92 Å². The van der Waals surface area contributed by atoms with Crippen molar-refractivity contribution in [2.75, 3.05) is 13.2 Å². The Bertz CT molecular complexity index is 147. The van der Waals surface area contributed by atoms with E-state index in [9.17, 15) is 0 Å². The predicted molar refractivity (Wildman–Crippen MR) is 55.7 cm³/mol. The Hall–Kier alpha value is -0.0800. The summed E-state index contributed by atoms with van der Waals surface area (Å²) in [6, 6.07) is 1.31. The first kappa shape index (κ1) is 11.0. The summed E-state index contributed by atoms with van der Waals surface area (Å²) < 4.78 is 0. The van der Waals surface area contributed by atoms with Crippen LogP contribution in [0.1, 0.15) is 40.0 Å². The van der Waals surface area contributed by atoms with E-state index in [0.717, 1.165) is 12.5 Å². The molecule has 0 saturated carbocycles. The third-order valence-electron chi connectivity index (χ3n) is 3.22. The molecule has 1 saturated heterocycles. The molecule has 0 aromatic carbocycles. The molecule has 0 aromatic rings. The smallest absolute Gasteiger partial charge is 0.0446 e. The average Bonchev–Trinajstić information content (AvgIpc) is 2.47. The van der Waals surface area contributed by atoms with Crippen molar-refractivity contribution in [2.24, 2.45) is 5.92 Å². The quantitative estimate of drug-likeness (QED) is 0.723. The van der Waals surface area contributed by atoms with Crippen LogP contribution in [-0.2, 0) is 0 Å². The number of rotatable bonds is 4. The molecule has 1 rings (SSSR count). The van der Waals surface area contributed by atoms with Gasteiger partial charge in [0.2, 0.25) is 0 Å². The van der Waals surface area contributed by atoms with Gasteiger partial charge in [-0.3, -0.25) is 4.90 Å². The average molecular weight is 185 g/mol. The Morgan fingerprint density at radius 1 is 1.46 bits per heavy atom. The number of aliphatic hydroxyl groups is 1. The van der Waals surface area contributed by atoms with Crippen LogP contribution in [0.4, 0.5) is 0 Å². The van der Waals surface area contributed by atoms with E-state index in [0.29, 0.717) is 18.6 Å². The second-order valence-corrected chi connectivity index (χ2v) is 4.55. The number of nitrogens with zero attached hydrogens (tertiary/aromatic N) is 1. The van der Waals surface area contributed by atoms with Gasteiger partial charge in [-0.2, -0.15) is 0 Å². The maximum absolute atomic E-state index is 9.01. The first-order valence-corrected chi connectivity index (χ1v) is 5.53. The minimum absolute atomic E-state index is 0.325. The lowest BCUT2D eigenvalue weighted by atomic mass is 9.99. The summed E-state index contributed by atoms with van der Waals surface area (Å²) >= 11 is 0. The first-order chi connectivity index (χ1) is 6.16. The van der Waals surface area contributed by atoms with Crippen molar-refractivity contribution >= 4 is 0 Å². The second-order valence-electron chi connectivity index (χ2n) is 4.55. The summed E-state index contributed by atoms with van der Waals surface area (Å²) in [5, 5.41) is 9.01. The van der Waals surface area contributed by atoms with Gasteiger partial charge in [0.1, 0.15) is 0 Å². The predicted octanol–water partition coefficient (Wildman–Crippen LogP) is 1.88. The lowest BCUT2D eigenvalue weighted by Crippen LogP contribution is -2.41. The van der Waals surface area contributed by atoms with E-state index in [1.54, 1.807) is 0 Å². The second kappa shape index (κ2) is 4.97. The maximum Gasteiger partial charge on any atom is 0.0446 e. The summed E-state index contributed by atoms with van der Waals surface area (Å²) in [5.74, 6) is 0.660. The monoisotopic (exact) mass is 185 g/mol. The molecule has 0 spiro atoms. The highest BCUT2D eigenvalue weighted by molar-refractivity contribution is 4.83. The molecule has 2 heteroatoms. The molecule has 2 nitrogen and oxygen atoms in total. The van der Waals surface area contributed by atoms with E-state index >= 15 is 0 Å². The zero-order chi connectivity index (χ0) is 9.84. The topological polar surface area (TPSA) is 23.5 Å². The van der Waals surface area contributed by atoms with Crippen LogP contribution in [0.2, 0.25) is 0 Å². The SMILES string of the molecule is CC(C)C(CCO)N1CCCC1C. The van der Waals surface area contributed by atoms with E-state index in [-0.39, 0.29) is 0 Å². The van der Waals surface area contributed by atoms with E-state index in [1.165, 1.54) is 19.4 Å². The summed E-state index contributed by atoms with van der Waals surface area (Å²) in [4.78, 5) is 2.57. The fourth-order valence-electron chi connectivity index (χ4n) is 2.46. The van der Waals surface area contributed by atoms with Gasteiger partial charge in [0.05, 0.1) is 0 Å². The number of likely N-dealkylation sites (tertiary alicyclic amines) is 1. The minimum atomic E-state index is 0.325. The van der Waals surface area contributed by atoms with Crippen molar-refractivity contribution in [1.29, 1.82) is 0 Å². The summed E-state index contributed by atoms with van der Waals surface area (Å²) in [5.41, 5.74) is 0. The van der Waals surface area contributed by atoms with Gasteiger partial charge in [-0.05, 0) is 38.6 Å². The van der Waals surface area contributed by atoms with E-state index in [4.69, 9.17) is 5.11 Å². The molecule has 78 valence electrons. The largest absolute Gasteiger partial charge is 0.396 e. The first-order valence-electron chi connectivity index (χ1n) is 5.53. The molecule has 0 bridgehead atoms. The maximum atomic E-state index is 9.01. The van der Waals surface area contributed by atoms with Crippen molar-refractivity contribution in [3.05, 3.63) is 0 Å². The van der Waals surface area contributed by atoms with Crippen LogP contribution < -0.4 is 0 Å². The van der Waals surface area contributed by atoms with Gasteiger partial charge >= 0.3 is 0 Å². The molecule has 0 aliphatic carbocycles. The molecule has 0 amide bonds. The van der Waals surface area contributed by atoms with Crippen LogP contribution in [0.5, 0.6) is 0 Å². The van der Waals surface area contributed by atoms with Gasteiger partial charge < -0.3 is 5.11 Å². The highest BCUT2D eigenvalue weighted by atomic mass is 16.3. The van der Waals surface area contributed by atoms with E-state index in [2.05, 4.69) is 25.7 Å². The molecule has 0 aromatic heterocycles. The molecule has 13 heavy (non-hydrogen) atoms. The summed E-state index contributed by atoms with van der Waals surface area (Å²) in [7, 11) is 0. The van der Waals surface area contributed by atoms with Gasteiger partial charge in [0.25, 0.3) is 0 Å². The molecular formula is C11H23NO. The third-order valence-corrected chi connectivity index (χ3v) is 3.22. The fraction of sp³-hybridized carbons (Fsp3) is 1.00. The third kappa shape index (κ3) is 2.68. The van der Waals surface area contributed by atoms with Gasteiger partial charge in [-0.25, -0.2) is 0 Å². The van der Waals surface area contributed by atoms with Gasteiger partial charge in [-0.15, -0.1) is 0 Å². The van der Waals surface area contributed by atoms with Crippen molar-refractivity contribution in [2.45, 2.75) is 52.1 Å². The molecule has 1 N–H and O–H groups in total. The molecule has 1 aliphatic heterocycles. The minimum Gasteiger partial charge on any atom is -0.396 e. The molecule has 1 fully saturated rings. The standard InChI is InChI=1S/C11H23NO/c1-9(2)11(6-8-13)12-7-4-5-10(12)3/h9-11,13H,4-8H2,1-3H3. The van der Waals surface area contributed by atoms with Crippen LogP contribution in [0.3, 0.4) is 0 Å². The number of hydrogen-bond acceptors (Lipinski definition) is 2. The van der Waals surface area contributed by atoms with Crippen molar-refractivity contribution in [3.8, 4) is 0 Å². The van der Waals surface area contributed by atoms with Gasteiger partial charge in [0.15, 0.2) is 0 Å². The van der Waals surface area contributed by atoms with Crippen molar-refractivity contribution < 1.29 is 5.11 Å². The number of aliphatic hydroxyl groups excluding tert-OH is 1. The highest BCUT2D eigenvalue weighted by Crippen LogP contribution is 2.24. The number of hydrogen-bond donors (Lipinski definition) is 1. The van der Waals surface area contributed by atoms with Crippen LogP contribution in [0.25, 0.3) is 0 Å². The van der Waals surface area contributed by atoms with Crippen molar-refractivity contribution in [3.63, 3.8) is 0 Å². The molecule has 2 unspecified atom stereocenters. The Labute approximate surface area is 81.9 Å². The fourth-order valence-corrected chi connectivity index (χ4v) is 2.46. The lowest BCUT2D eigenvalue weighted by molar-refractivity contribution is 0.117. The normalized spacial score (nSPS) is 27.0. The molecule has 1 aliphatic rings.